The lowest BCUT2D eigenvalue weighted by atomic mass is 10.1. The molecule has 0 spiro atoms. The Kier molecular flexibility index (Phi) is 4.26. The van der Waals surface area contributed by atoms with Gasteiger partial charge in [0, 0.05) is 0 Å². The molecule has 4 aliphatic heterocycles. The molecule has 0 unspecified atom stereocenters. The minimum absolute atomic E-state index is 0. The fourth-order valence-electron chi connectivity index (χ4n) is 4.07. The molecule has 0 N–H and O–H groups in total. The number of Topliss-reactive ketones (excluding diaryl/α,β-unsaturated/α-hetero) is 1. The maximum atomic E-state index is 12.8. The quantitative estimate of drug-likeness (QED) is 0.430. The maximum Gasteiger partial charge on any atom is 0.220 e. The molecule has 1 aromatic carbocycles. The van der Waals surface area contributed by atoms with Gasteiger partial charge in [-0.05, 0) is 12.1 Å². The van der Waals surface area contributed by atoms with Gasteiger partial charge in [0.15, 0.2) is 0 Å². The zero-order valence-electron chi connectivity index (χ0n) is 12.7. The number of nitrogens with zero attached hydrogens (tertiary/aromatic N) is 4. The average Bonchev–Trinajstić information content (AvgIpc) is 2.45. The van der Waals surface area contributed by atoms with E-state index in [9.17, 15) is 4.79 Å². The van der Waals surface area contributed by atoms with Crippen molar-refractivity contribution in [1.82, 2.24) is 14.7 Å². The van der Waals surface area contributed by atoms with E-state index in [-0.39, 0.29) is 22.8 Å². The van der Waals surface area contributed by atoms with Gasteiger partial charge in [-0.2, -0.15) is 0 Å². The second kappa shape index (κ2) is 5.90. The van der Waals surface area contributed by atoms with Crippen molar-refractivity contribution in [3.63, 3.8) is 0 Å². The Labute approximate surface area is 141 Å². The Bertz CT molecular complexity index is 545. The SMILES string of the molecule is COc1ccccc1C(=O)C[N+]12CN3CN(CN(C3)C1)C2.[Br-]. The Morgan fingerprint density at radius 3 is 2.18 bits per heavy atom. The zero-order chi connectivity index (χ0) is 14.4. The van der Waals surface area contributed by atoms with Gasteiger partial charge < -0.3 is 21.7 Å². The van der Waals surface area contributed by atoms with E-state index in [1.807, 2.05) is 24.3 Å². The molecule has 6 nitrogen and oxygen atoms in total. The van der Waals surface area contributed by atoms with Crippen molar-refractivity contribution in [2.24, 2.45) is 0 Å². The number of carbonyl (C=O) groups excluding carboxylic acids is 1. The molecule has 0 atom stereocenters. The van der Waals surface area contributed by atoms with E-state index in [0.29, 0.717) is 17.9 Å². The van der Waals surface area contributed by atoms with Crippen LogP contribution in [0.4, 0.5) is 0 Å². The van der Waals surface area contributed by atoms with Crippen molar-refractivity contribution >= 4 is 5.78 Å². The number of halogens is 1. The molecule has 1 aromatic rings. The van der Waals surface area contributed by atoms with Gasteiger partial charge in [-0.25, -0.2) is 14.7 Å². The van der Waals surface area contributed by atoms with Gasteiger partial charge in [0.05, 0.1) is 32.7 Å². The standard InChI is InChI=1S/C15H21N4O2.BrH/c1-21-15-5-3-2-4-13(15)14(20)6-19-10-16-7-17(11-19)9-18(8-16)12-19;/h2-5H,6-12H2,1H3;1H/q+1;/p-1. The van der Waals surface area contributed by atoms with E-state index in [1.54, 1.807) is 7.11 Å². The zero-order valence-corrected chi connectivity index (χ0v) is 14.3. The second-order valence-electron chi connectivity index (χ2n) is 6.48. The van der Waals surface area contributed by atoms with Crippen LogP contribution in [-0.2, 0) is 0 Å². The lowest BCUT2D eigenvalue weighted by Gasteiger charge is -2.60. The topological polar surface area (TPSA) is 36.0 Å². The fourth-order valence-corrected chi connectivity index (χ4v) is 4.07. The van der Waals surface area contributed by atoms with Crippen LogP contribution in [0.3, 0.4) is 0 Å². The number of ether oxygens (including phenoxy) is 1. The fraction of sp³-hybridized carbons (Fsp3) is 0.533. The molecule has 0 saturated carbocycles. The minimum atomic E-state index is 0. The van der Waals surface area contributed by atoms with Crippen LogP contribution in [0, 0.1) is 0 Å². The summed E-state index contributed by atoms with van der Waals surface area (Å²) >= 11 is 0. The number of carbonyl (C=O) groups is 1. The van der Waals surface area contributed by atoms with Crippen LogP contribution in [0.5, 0.6) is 5.75 Å². The highest BCUT2D eigenvalue weighted by atomic mass is 79.9. The first-order chi connectivity index (χ1) is 10.2. The third-order valence-electron chi connectivity index (χ3n) is 4.59. The van der Waals surface area contributed by atoms with Crippen molar-refractivity contribution in [2.75, 3.05) is 53.7 Å². The molecule has 0 amide bonds. The van der Waals surface area contributed by atoms with E-state index in [4.69, 9.17) is 4.74 Å². The molecular weight excluding hydrogens is 348 g/mol. The first-order valence-electron chi connectivity index (χ1n) is 7.36. The number of para-hydroxylation sites is 1. The van der Waals surface area contributed by atoms with Gasteiger partial charge in [-0.15, -0.1) is 0 Å². The first kappa shape index (κ1) is 15.9. The summed E-state index contributed by atoms with van der Waals surface area (Å²) in [5.74, 6) is 0.857. The number of benzene rings is 1. The molecule has 4 bridgehead atoms. The summed E-state index contributed by atoms with van der Waals surface area (Å²) in [6, 6.07) is 7.53. The molecule has 7 heteroatoms. The number of ketones is 1. The summed E-state index contributed by atoms with van der Waals surface area (Å²) in [5, 5.41) is 0. The van der Waals surface area contributed by atoms with Crippen LogP contribution in [0.1, 0.15) is 10.4 Å². The van der Waals surface area contributed by atoms with Crippen LogP contribution in [0.15, 0.2) is 24.3 Å². The largest absolute Gasteiger partial charge is 1.00 e. The summed E-state index contributed by atoms with van der Waals surface area (Å²) in [5.41, 5.74) is 0.703. The summed E-state index contributed by atoms with van der Waals surface area (Å²) < 4.78 is 6.16. The number of hydrogen-bond donors (Lipinski definition) is 0. The lowest BCUT2D eigenvalue weighted by molar-refractivity contribution is -0.973. The van der Waals surface area contributed by atoms with E-state index in [0.717, 1.165) is 44.5 Å². The lowest BCUT2D eigenvalue weighted by Crippen LogP contribution is -3.00. The van der Waals surface area contributed by atoms with Crippen molar-refractivity contribution in [2.45, 2.75) is 0 Å². The molecule has 4 fully saturated rings. The summed E-state index contributed by atoms with van der Waals surface area (Å²) in [6.45, 7) is 6.61. The Morgan fingerprint density at radius 1 is 1.09 bits per heavy atom. The molecule has 4 aliphatic rings. The Hall–Kier alpha value is -0.990. The van der Waals surface area contributed by atoms with E-state index < -0.39 is 0 Å². The molecule has 0 aromatic heterocycles. The van der Waals surface area contributed by atoms with Gasteiger partial charge in [0.1, 0.15) is 32.3 Å². The van der Waals surface area contributed by atoms with Crippen LogP contribution in [0.25, 0.3) is 0 Å². The molecule has 0 aliphatic carbocycles. The predicted octanol–water partition coefficient (Wildman–Crippen LogP) is -2.61. The van der Waals surface area contributed by atoms with Crippen LogP contribution >= 0.6 is 0 Å². The summed E-state index contributed by atoms with van der Waals surface area (Å²) in [7, 11) is 1.62. The third kappa shape index (κ3) is 2.68. The molecule has 0 radical (unpaired) electrons. The van der Waals surface area contributed by atoms with E-state index in [1.165, 1.54) is 0 Å². The molecule has 120 valence electrons. The predicted molar refractivity (Wildman–Crippen MR) is 77.2 cm³/mol. The van der Waals surface area contributed by atoms with E-state index in [2.05, 4.69) is 14.7 Å². The molecular formula is C15H21BrN4O2. The smallest absolute Gasteiger partial charge is 0.220 e. The van der Waals surface area contributed by atoms with Crippen LogP contribution in [0.2, 0.25) is 0 Å². The van der Waals surface area contributed by atoms with Gasteiger partial charge in [0.25, 0.3) is 0 Å². The second-order valence-corrected chi connectivity index (χ2v) is 6.48. The number of rotatable bonds is 4. The number of quaternary nitrogens is 1. The van der Waals surface area contributed by atoms with Crippen LogP contribution < -0.4 is 21.7 Å². The molecule has 4 saturated heterocycles. The van der Waals surface area contributed by atoms with Gasteiger partial charge in [0.2, 0.25) is 5.78 Å². The number of methoxy groups -OCH3 is 1. The molecule has 22 heavy (non-hydrogen) atoms. The van der Waals surface area contributed by atoms with Crippen LogP contribution in [-0.4, -0.2) is 78.6 Å². The molecule has 5 rings (SSSR count). The van der Waals surface area contributed by atoms with Gasteiger partial charge in [-0.3, -0.25) is 9.28 Å². The Balaban J connectivity index is 0.00000144. The van der Waals surface area contributed by atoms with Crippen molar-refractivity contribution < 1.29 is 31.0 Å². The van der Waals surface area contributed by atoms with Crippen molar-refractivity contribution in [1.29, 1.82) is 0 Å². The highest BCUT2D eigenvalue weighted by Crippen LogP contribution is 2.29. The highest BCUT2D eigenvalue weighted by Gasteiger charge is 2.49. The number of hydrogen-bond acceptors (Lipinski definition) is 5. The normalized spacial score (nSPS) is 35.0. The van der Waals surface area contributed by atoms with E-state index >= 15 is 0 Å². The first-order valence-corrected chi connectivity index (χ1v) is 7.36. The Morgan fingerprint density at radius 2 is 1.64 bits per heavy atom. The third-order valence-corrected chi connectivity index (χ3v) is 4.59. The van der Waals surface area contributed by atoms with Gasteiger partial charge in [-0.1, -0.05) is 12.1 Å². The average molecular weight is 369 g/mol. The molecule has 4 heterocycles. The van der Waals surface area contributed by atoms with Crippen molar-refractivity contribution in [3.05, 3.63) is 29.8 Å². The highest BCUT2D eigenvalue weighted by molar-refractivity contribution is 5.99. The van der Waals surface area contributed by atoms with Gasteiger partial charge >= 0.3 is 0 Å². The van der Waals surface area contributed by atoms with Crippen molar-refractivity contribution in [3.8, 4) is 5.75 Å². The monoisotopic (exact) mass is 368 g/mol. The minimum Gasteiger partial charge on any atom is -1.00 e. The summed E-state index contributed by atoms with van der Waals surface area (Å²) in [4.78, 5) is 20.0. The maximum absolute atomic E-state index is 12.8. The summed E-state index contributed by atoms with van der Waals surface area (Å²) in [6.07, 6.45) is 0.